The second kappa shape index (κ2) is 10.5. The number of hydrogen-bond acceptors (Lipinski definition) is 7. The summed E-state index contributed by atoms with van der Waals surface area (Å²) in [6.45, 7) is 8.47. The monoisotopic (exact) mass is 521 g/mol. The predicted octanol–water partition coefficient (Wildman–Crippen LogP) is 3.79. The third-order valence-electron chi connectivity index (χ3n) is 7.27. The number of aryl methyl sites for hydroxylation is 2. The number of carbonyl (C=O) groups excluding carboxylic acids is 1. The van der Waals surface area contributed by atoms with Crippen molar-refractivity contribution in [3.8, 4) is 0 Å². The van der Waals surface area contributed by atoms with Gasteiger partial charge in [-0.1, -0.05) is 6.07 Å². The number of pyridine rings is 1. The van der Waals surface area contributed by atoms with Gasteiger partial charge in [0.25, 0.3) is 17.2 Å². The predicted molar refractivity (Wildman–Crippen MR) is 143 cm³/mol. The summed E-state index contributed by atoms with van der Waals surface area (Å²) in [4.78, 5) is 30.8. The number of nitrogens with zero attached hydrogens (tertiary/aromatic N) is 5. The Balaban J connectivity index is 1.21. The van der Waals surface area contributed by atoms with Crippen LogP contribution in [0.15, 0.2) is 42.7 Å². The Labute approximate surface area is 219 Å². The van der Waals surface area contributed by atoms with E-state index in [4.69, 9.17) is 9.54 Å². The molecule has 0 bridgehead atoms. The van der Waals surface area contributed by atoms with Gasteiger partial charge in [-0.3, -0.25) is 19.0 Å². The maximum atomic E-state index is 13.2. The van der Waals surface area contributed by atoms with Crippen molar-refractivity contribution < 1.29 is 13.6 Å². The topological polar surface area (TPSA) is 124 Å². The quantitative estimate of drug-likeness (QED) is 0.419. The van der Waals surface area contributed by atoms with Crippen LogP contribution >= 0.6 is 0 Å². The zero-order valence-electron chi connectivity index (χ0n) is 21.1. The molecule has 0 saturated carbocycles. The lowest BCUT2D eigenvalue weighted by Gasteiger charge is -2.41. The van der Waals surface area contributed by atoms with Crippen LogP contribution in [0.25, 0.3) is 0 Å². The molecular formula is C26H31N7O3S. The standard InChI is InChI=1S/C26H31N7O3S/c1-16-4-5-21(10-17(16)2)29-26-28-13-20-14-32(15-23(20)30-26)22-7-9-33(18(3)11-22)25(34)19-6-8-27-24(12-19)31-37(35)36/h4-6,8,10,12-13,18,22H,7,9,11,14-15H2,1-3H3,(H,27,31)(H,35,36)(H,28,29,30)/t18-,22+/m1/s1. The fourth-order valence-corrected chi connectivity index (χ4v) is 5.39. The maximum absolute atomic E-state index is 13.2. The largest absolute Gasteiger partial charge is 0.336 e. The summed E-state index contributed by atoms with van der Waals surface area (Å²) in [6.07, 6.45) is 5.10. The zero-order chi connectivity index (χ0) is 26.1. The molecule has 1 saturated heterocycles. The molecule has 0 aliphatic carbocycles. The van der Waals surface area contributed by atoms with Crippen LogP contribution in [0.5, 0.6) is 0 Å². The first-order chi connectivity index (χ1) is 17.8. The van der Waals surface area contributed by atoms with E-state index in [1.165, 1.54) is 23.4 Å². The molecule has 10 nitrogen and oxygen atoms in total. The lowest BCUT2D eigenvalue weighted by atomic mass is 9.96. The number of benzene rings is 1. The first kappa shape index (κ1) is 25.2. The van der Waals surface area contributed by atoms with Crippen LogP contribution in [0.4, 0.5) is 17.5 Å². The number of anilines is 3. The van der Waals surface area contributed by atoms with Crippen molar-refractivity contribution in [3.05, 3.63) is 70.7 Å². The Kier molecular flexibility index (Phi) is 7.18. The number of hydrogen-bond donors (Lipinski definition) is 3. The molecule has 2 aliphatic rings. The highest BCUT2D eigenvalue weighted by molar-refractivity contribution is 7.80. The van der Waals surface area contributed by atoms with Crippen LogP contribution in [0.3, 0.4) is 0 Å². The number of rotatable bonds is 6. The number of amides is 1. The Bertz CT molecular complexity index is 1350. The number of carbonyl (C=O) groups is 1. The van der Waals surface area contributed by atoms with Crippen molar-refractivity contribution in [2.75, 3.05) is 16.6 Å². The first-order valence-corrected chi connectivity index (χ1v) is 13.4. The van der Waals surface area contributed by atoms with Gasteiger partial charge in [0.1, 0.15) is 5.82 Å². The van der Waals surface area contributed by atoms with Crippen molar-refractivity contribution in [2.45, 2.75) is 58.8 Å². The molecular weight excluding hydrogens is 490 g/mol. The van der Waals surface area contributed by atoms with Crippen LogP contribution in [-0.4, -0.2) is 58.0 Å². The second-order valence-corrected chi connectivity index (χ2v) is 10.5. The van der Waals surface area contributed by atoms with Gasteiger partial charge >= 0.3 is 0 Å². The summed E-state index contributed by atoms with van der Waals surface area (Å²) in [6, 6.07) is 9.77. The molecule has 1 aromatic carbocycles. The lowest BCUT2D eigenvalue weighted by molar-refractivity contribution is 0.0460. The molecule has 2 aliphatic heterocycles. The van der Waals surface area contributed by atoms with Gasteiger partial charge in [0.2, 0.25) is 5.95 Å². The zero-order valence-corrected chi connectivity index (χ0v) is 22.0. The highest BCUT2D eigenvalue weighted by atomic mass is 32.2. The first-order valence-electron chi connectivity index (χ1n) is 12.3. The third kappa shape index (κ3) is 5.63. The molecule has 5 rings (SSSR count). The van der Waals surface area contributed by atoms with E-state index in [-0.39, 0.29) is 17.8 Å². The Morgan fingerprint density at radius 2 is 1.97 bits per heavy atom. The average molecular weight is 522 g/mol. The third-order valence-corrected chi connectivity index (χ3v) is 7.65. The van der Waals surface area contributed by atoms with E-state index in [9.17, 15) is 9.00 Å². The summed E-state index contributed by atoms with van der Waals surface area (Å²) in [5.41, 5.74) is 6.09. The SMILES string of the molecule is Cc1ccc(Nc2ncc3c(n2)CN([C@H]2CCN(C(=O)c4ccnc(NS(=O)O)c4)[C@H](C)C2)C3)cc1C. The fourth-order valence-electron chi connectivity index (χ4n) is 5.10. The second-order valence-electron chi connectivity index (χ2n) is 9.80. The van der Waals surface area contributed by atoms with E-state index in [0.717, 1.165) is 42.9 Å². The summed E-state index contributed by atoms with van der Waals surface area (Å²) >= 11 is -2.24. The van der Waals surface area contributed by atoms with E-state index < -0.39 is 11.3 Å². The average Bonchev–Trinajstić information content (AvgIpc) is 3.29. The highest BCUT2D eigenvalue weighted by Gasteiger charge is 2.35. The van der Waals surface area contributed by atoms with Crippen LogP contribution < -0.4 is 10.0 Å². The molecule has 1 fully saturated rings. The fraction of sp³-hybridized carbons (Fsp3) is 0.385. The lowest BCUT2D eigenvalue weighted by Crippen LogP contribution is -2.50. The van der Waals surface area contributed by atoms with E-state index in [1.54, 1.807) is 6.07 Å². The number of aromatic nitrogens is 3. The molecule has 4 heterocycles. The van der Waals surface area contributed by atoms with Crippen molar-refractivity contribution in [3.63, 3.8) is 0 Å². The summed E-state index contributed by atoms with van der Waals surface area (Å²) < 4.78 is 22.4. The highest BCUT2D eigenvalue weighted by Crippen LogP contribution is 2.31. The normalized spacial score (nSPS) is 20.4. The van der Waals surface area contributed by atoms with Crippen LogP contribution in [0, 0.1) is 13.8 Å². The molecule has 1 amide bonds. The molecule has 0 radical (unpaired) electrons. The minimum Gasteiger partial charge on any atom is -0.336 e. The molecule has 11 heteroatoms. The Morgan fingerprint density at radius 1 is 1.14 bits per heavy atom. The number of nitrogens with one attached hydrogen (secondary N) is 2. The van der Waals surface area contributed by atoms with Gasteiger partial charge in [-0.15, -0.1) is 0 Å². The number of piperidine rings is 1. The molecule has 2 aromatic heterocycles. The minimum atomic E-state index is -2.24. The number of likely N-dealkylation sites (tertiary alicyclic amines) is 1. The smallest absolute Gasteiger partial charge is 0.260 e. The van der Waals surface area contributed by atoms with Crippen molar-refractivity contribution in [2.24, 2.45) is 0 Å². The Morgan fingerprint density at radius 3 is 2.73 bits per heavy atom. The van der Waals surface area contributed by atoms with Crippen molar-refractivity contribution in [1.29, 1.82) is 0 Å². The molecule has 194 valence electrons. The van der Waals surface area contributed by atoms with Gasteiger partial charge in [0.15, 0.2) is 0 Å². The molecule has 37 heavy (non-hydrogen) atoms. The van der Waals surface area contributed by atoms with Gasteiger partial charge in [0, 0.05) is 60.9 Å². The minimum absolute atomic E-state index is 0.0552. The van der Waals surface area contributed by atoms with E-state index in [1.807, 2.05) is 17.2 Å². The van der Waals surface area contributed by atoms with Crippen molar-refractivity contribution in [1.82, 2.24) is 24.8 Å². The van der Waals surface area contributed by atoms with E-state index >= 15 is 0 Å². The van der Waals surface area contributed by atoms with Gasteiger partial charge in [0.05, 0.1) is 5.69 Å². The molecule has 1 unspecified atom stereocenters. The Hall–Kier alpha value is -3.41. The van der Waals surface area contributed by atoms with Gasteiger partial charge in [-0.05, 0) is 69.0 Å². The van der Waals surface area contributed by atoms with Crippen LogP contribution in [-0.2, 0) is 24.4 Å². The summed E-state index contributed by atoms with van der Waals surface area (Å²) in [5, 5.41) is 3.33. The molecule has 0 spiro atoms. The molecule has 3 N–H and O–H groups in total. The van der Waals surface area contributed by atoms with Crippen LogP contribution in [0.2, 0.25) is 0 Å². The molecule has 3 aromatic rings. The summed E-state index contributed by atoms with van der Waals surface area (Å²) in [5.74, 6) is 0.697. The molecule has 3 atom stereocenters. The van der Waals surface area contributed by atoms with Gasteiger partial charge in [-0.25, -0.2) is 19.2 Å². The van der Waals surface area contributed by atoms with Gasteiger partial charge < -0.3 is 10.2 Å². The van der Waals surface area contributed by atoms with E-state index in [2.05, 4.69) is 57.8 Å². The number of fused-ring (bicyclic) bond motifs is 1. The summed E-state index contributed by atoms with van der Waals surface area (Å²) in [7, 11) is 0. The van der Waals surface area contributed by atoms with Crippen LogP contribution in [0.1, 0.15) is 52.5 Å². The van der Waals surface area contributed by atoms with Gasteiger partial charge in [-0.2, -0.15) is 0 Å². The van der Waals surface area contributed by atoms with Crippen molar-refractivity contribution >= 4 is 34.6 Å². The maximum Gasteiger partial charge on any atom is 0.260 e. The van der Waals surface area contributed by atoms with E-state index in [0.29, 0.717) is 24.1 Å².